The largest absolute Gasteiger partial charge is 0.355 e. The van der Waals surface area contributed by atoms with Crippen LogP contribution in [0.4, 0.5) is 5.95 Å². The number of anilines is 1. The van der Waals surface area contributed by atoms with Gasteiger partial charge >= 0.3 is 0 Å². The lowest BCUT2D eigenvalue weighted by Gasteiger charge is -2.20. The summed E-state index contributed by atoms with van der Waals surface area (Å²) in [6.07, 6.45) is 2.38. The predicted molar refractivity (Wildman–Crippen MR) is 61.4 cm³/mol. The zero-order valence-corrected chi connectivity index (χ0v) is 9.70. The molecule has 17 heavy (non-hydrogen) atoms. The molecule has 0 saturated carbocycles. The van der Waals surface area contributed by atoms with Crippen LogP contribution in [0.3, 0.4) is 0 Å². The molecule has 0 aliphatic carbocycles. The standard InChI is InChI=1S/C10H11ClN4O2/c11-7-3-4-12-10(14-7)15-9(17)6-1-2-8(16)13-5-6/h3-4,6H,1-2,5H2,(H,13,16)(H,12,14,15,17). The van der Waals surface area contributed by atoms with Gasteiger partial charge in [-0.05, 0) is 12.5 Å². The molecule has 1 aliphatic rings. The van der Waals surface area contributed by atoms with Crippen molar-refractivity contribution in [3.05, 3.63) is 17.4 Å². The van der Waals surface area contributed by atoms with Crippen molar-refractivity contribution in [1.29, 1.82) is 0 Å². The van der Waals surface area contributed by atoms with Crippen molar-refractivity contribution in [3.63, 3.8) is 0 Å². The van der Waals surface area contributed by atoms with Gasteiger partial charge in [0.05, 0.1) is 5.92 Å². The average Bonchev–Trinajstić information content (AvgIpc) is 2.29. The number of hydrogen-bond donors (Lipinski definition) is 2. The Morgan fingerprint density at radius 1 is 1.59 bits per heavy atom. The van der Waals surface area contributed by atoms with Crippen LogP contribution in [-0.2, 0) is 9.59 Å². The quantitative estimate of drug-likeness (QED) is 0.757. The first-order valence-corrected chi connectivity index (χ1v) is 5.59. The van der Waals surface area contributed by atoms with Crippen molar-refractivity contribution in [1.82, 2.24) is 15.3 Å². The summed E-state index contributed by atoms with van der Waals surface area (Å²) in [4.78, 5) is 30.5. The van der Waals surface area contributed by atoms with Crippen molar-refractivity contribution >= 4 is 29.4 Å². The minimum absolute atomic E-state index is 0.0203. The van der Waals surface area contributed by atoms with Crippen molar-refractivity contribution < 1.29 is 9.59 Å². The van der Waals surface area contributed by atoms with Crippen molar-refractivity contribution in [2.45, 2.75) is 12.8 Å². The maximum atomic E-state index is 11.8. The van der Waals surface area contributed by atoms with Crippen LogP contribution in [0.1, 0.15) is 12.8 Å². The molecule has 0 aromatic carbocycles. The monoisotopic (exact) mass is 254 g/mol. The smallest absolute Gasteiger partial charge is 0.231 e. The summed E-state index contributed by atoms with van der Waals surface area (Å²) >= 11 is 5.67. The first-order chi connectivity index (χ1) is 8.15. The lowest BCUT2D eigenvalue weighted by molar-refractivity contribution is -0.126. The van der Waals surface area contributed by atoms with Gasteiger partial charge in [-0.25, -0.2) is 9.97 Å². The molecule has 2 amide bonds. The van der Waals surface area contributed by atoms with E-state index in [9.17, 15) is 9.59 Å². The Balaban J connectivity index is 1.95. The van der Waals surface area contributed by atoms with Crippen LogP contribution in [0, 0.1) is 5.92 Å². The molecule has 7 heteroatoms. The Morgan fingerprint density at radius 2 is 2.41 bits per heavy atom. The second-order valence-electron chi connectivity index (χ2n) is 3.73. The van der Waals surface area contributed by atoms with Crippen LogP contribution < -0.4 is 10.6 Å². The number of amides is 2. The summed E-state index contributed by atoms with van der Waals surface area (Å²) in [5, 5.41) is 5.48. The van der Waals surface area contributed by atoms with Gasteiger partial charge in [0.15, 0.2) is 0 Å². The first-order valence-electron chi connectivity index (χ1n) is 5.21. The van der Waals surface area contributed by atoms with Crippen molar-refractivity contribution in [2.24, 2.45) is 5.92 Å². The molecule has 0 radical (unpaired) electrons. The Hall–Kier alpha value is -1.69. The van der Waals surface area contributed by atoms with E-state index in [1.165, 1.54) is 12.3 Å². The first kappa shape index (κ1) is 11.8. The Labute approximate surface area is 103 Å². The number of hydrogen-bond acceptors (Lipinski definition) is 4. The van der Waals surface area contributed by atoms with Gasteiger partial charge in [-0.1, -0.05) is 11.6 Å². The van der Waals surface area contributed by atoms with E-state index in [0.717, 1.165) is 0 Å². The normalized spacial score (nSPS) is 19.6. The summed E-state index contributed by atoms with van der Waals surface area (Å²) in [5.74, 6) is -0.282. The van der Waals surface area contributed by atoms with Gasteiger partial charge in [0.1, 0.15) is 5.15 Å². The molecule has 2 rings (SSSR count). The van der Waals surface area contributed by atoms with Crippen LogP contribution in [0.15, 0.2) is 12.3 Å². The molecule has 0 spiro atoms. The van der Waals surface area contributed by atoms with Crippen LogP contribution >= 0.6 is 11.6 Å². The highest BCUT2D eigenvalue weighted by Crippen LogP contribution is 2.13. The molecular weight excluding hydrogens is 244 g/mol. The Kier molecular flexibility index (Phi) is 3.53. The minimum atomic E-state index is -0.240. The summed E-state index contributed by atoms with van der Waals surface area (Å²) in [6, 6.07) is 1.53. The second kappa shape index (κ2) is 5.09. The van der Waals surface area contributed by atoms with Gasteiger partial charge in [0.25, 0.3) is 0 Å². The van der Waals surface area contributed by atoms with E-state index in [2.05, 4.69) is 20.6 Å². The van der Waals surface area contributed by atoms with Gasteiger partial charge in [0.2, 0.25) is 17.8 Å². The fraction of sp³-hybridized carbons (Fsp3) is 0.400. The third-order valence-electron chi connectivity index (χ3n) is 2.49. The third-order valence-corrected chi connectivity index (χ3v) is 2.70. The molecule has 6 nitrogen and oxygen atoms in total. The minimum Gasteiger partial charge on any atom is -0.355 e. The molecular formula is C10H11ClN4O2. The molecule has 1 aromatic heterocycles. The molecule has 1 aromatic rings. The van der Waals surface area contributed by atoms with Crippen molar-refractivity contribution in [2.75, 3.05) is 11.9 Å². The number of carbonyl (C=O) groups is 2. The van der Waals surface area contributed by atoms with E-state index in [4.69, 9.17) is 11.6 Å². The Morgan fingerprint density at radius 3 is 3.06 bits per heavy atom. The molecule has 1 aliphatic heterocycles. The molecule has 1 unspecified atom stereocenters. The van der Waals surface area contributed by atoms with E-state index >= 15 is 0 Å². The van der Waals surface area contributed by atoms with Gasteiger partial charge in [-0.3, -0.25) is 14.9 Å². The summed E-state index contributed by atoms with van der Waals surface area (Å²) in [5.41, 5.74) is 0. The predicted octanol–water partition coefficient (Wildman–Crippen LogP) is 0.595. The molecule has 1 atom stereocenters. The number of rotatable bonds is 2. The summed E-state index contributed by atoms with van der Waals surface area (Å²) in [7, 11) is 0. The molecule has 2 N–H and O–H groups in total. The number of nitrogens with one attached hydrogen (secondary N) is 2. The van der Waals surface area contributed by atoms with Gasteiger partial charge in [-0.2, -0.15) is 0 Å². The topological polar surface area (TPSA) is 84.0 Å². The third kappa shape index (κ3) is 3.13. The number of carbonyl (C=O) groups excluding carboxylic acids is 2. The van der Waals surface area contributed by atoms with Crippen LogP contribution in [-0.4, -0.2) is 28.3 Å². The zero-order chi connectivity index (χ0) is 12.3. The highest BCUT2D eigenvalue weighted by molar-refractivity contribution is 6.29. The highest BCUT2D eigenvalue weighted by Gasteiger charge is 2.24. The maximum absolute atomic E-state index is 11.8. The lowest BCUT2D eigenvalue weighted by Crippen LogP contribution is -2.40. The highest BCUT2D eigenvalue weighted by atomic mass is 35.5. The van der Waals surface area contributed by atoms with Crippen LogP contribution in [0.25, 0.3) is 0 Å². The molecule has 1 fully saturated rings. The second-order valence-corrected chi connectivity index (χ2v) is 4.12. The zero-order valence-electron chi connectivity index (χ0n) is 8.94. The van der Waals surface area contributed by atoms with E-state index in [-0.39, 0.29) is 28.8 Å². The number of nitrogens with zero attached hydrogens (tertiary/aromatic N) is 2. The van der Waals surface area contributed by atoms with E-state index in [1.54, 1.807) is 0 Å². The Bertz CT molecular complexity index is 442. The van der Waals surface area contributed by atoms with Crippen molar-refractivity contribution in [3.8, 4) is 0 Å². The van der Waals surface area contributed by atoms with Gasteiger partial charge < -0.3 is 5.32 Å². The average molecular weight is 255 g/mol. The lowest BCUT2D eigenvalue weighted by atomic mass is 9.98. The van der Waals surface area contributed by atoms with E-state index in [1.807, 2.05) is 0 Å². The summed E-state index contributed by atoms with van der Waals surface area (Å²) in [6.45, 7) is 0.352. The number of aromatic nitrogens is 2. The molecule has 1 saturated heterocycles. The molecule has 0 bridgehead atoms. The van der Waals surface area contributed by atoms with Gasteiger partial charge in [-0.15, -0.1) is 0 Å². The SMILES string of the molecule is O=C1CCC(C(=O)Nc2nccc(Cl)n2)CN1. The van der Waals surface area contributed by atoms with Gasteiger partial charge in [0, 0.05) is 19.2 Å². The van der Waals surface area contributed by atoms with Crippen LogP contribution in [0.5, 0.6) is 0 Å². The van der Waals surface area contributed by atoms with E-state index in [0.29, 0.717) is 19.4 Å². The molecule has 2 heterocycles. The van der Waals surface area contributed by atoms with Crippen LogP contribution in [0.2, 0.25) is 5.15 Å². The van der Waals surface area contributed by atoms with E-state index < -0.39 is 0 Å². The molecule has 90 valence electrons. The fourth-order valence-electron chi connectivity index (χ4n) is 1.57. The fourth-order valence-corrected chi connectivity index (χ4v) is 1.70. The maximum Gasteiger partial charge on any atom is 0.231 e. The number of piperidine rings is 1. The number of halogens is 1. The summed E-state index contributed by atoms with van der Waals surface area (Å²) < 4.78 is 0.